The Labute approximate surface area is 164 Å². The quantitative estimate of drug-likeness (QED) is 0.615. The van der Waals surface area contributed by atoms with Crippen LogP contribution in [0.3, 0.4) is 0 Å². The largest absolute Gasteiger partial charge is 0.342 e. The SMILES string of the molecule is CC1CCCN(C(=O)CSc2nc3ccccc3n2Cc2ccccc2)C1. The lowest BCUT2D eigenvalue weighted by atomic mass is 10.0. The molecule has 4 nitrogen and oxygen atoms in total. The van der Waals surface area contributed by atoms with Gasteiger partial charge in [0.1, 0.15) is 0 Å². The number of thioether (sulfide) groups is 1. The molecule has 4 rings (SSSR count). The molecule has 140 valence electrons. The Morgan fingerprint density at radius 3 is 2.74 bits per heavy atom. The molecule has 1 unspecified atom stereocenters. The van der Waals surface area contributed by atoms with Crippen molar-refractivity contribution in [1.82, 2.24) is 14.5 Å². The van der Waals surface area contributed by atoms with E-state index in [4.69, 9.17) is 4.98 Å². The van der Waals surface area contributed by atoms with Crippen molar-refractivity contribution >= 4 is 28.7 Å². The number of hydrogen-bond acceptors (Lipinski definition) is 3. The summed E-state index contributed by atoms with van der Waals surface area (Å²) < 4.78 is 2.22. The minimum atomic E-state index is 0.227. The number of hydrogen-bond donors (Lipinski definition) is 0. The molecule has 1 aliphatic rings. The van der Waals surface area contributed by atoms with Crippen molar-refractivity contribution in [3.8, 4) is 0 Å². The van der Waals surface area contributed by atoms with Crippen LogP contribution in [0, 0.1) is 5.92 Å². The molecule has 0 spiro atoms. The number of benzene rings is 2. The Morgan fingerprint density at radius 2 is 1.93 bits per heavy atom. The maximum absolute atomic E-state index is 12.7. The second-order valence-electron chi connectivity index (χ2n) is 7.33. The van der Waals surface area contributed by atoms with Crippen molar-refractivity contribution in [2.45, 2.75) is 31.5 Å². The maximum atomic E-state index is 12.7. The molecule has 2 aromatic carbocycles. The lowest BCUT2D eigenvalue weighted by Crippen LogP contribution is -2.40. The highest BCUT2D eigenvalue weighted by Gasteiger charge is 2.22. The van der Waals surface area contributed by atoms with E-state index >= 15 is 0 Å². The molecule has 3 aromatic rings. The van der Waals surface area contributed by atoms with Crippen LogP contribution >= 0.6 is 11.8 Å². The van der Waals surface area contributed by atoms with Gasteiger partial charge in [-0.25, -0.2) is 4.98 Å². The minimum Gasteiger partial charge on any atom is -0.342 e. The van der Waals surface area contributed by atoms with Crippen LogP contribution in [0.2, 0.25) is 0 Å². The van der Waals surface area contributed by atoms with E-state index in [1.165, 1.54) is 12.0 Å². The van der Waals surface area contributed by atoms with E-state index in [1.807, 2.05) is 29.2 Å². The first-order chi connectivity index (χ1) is 13.2. The third-order valence-electron chi connectivity index (χ3n) is 5.14. The molecule has 0 N–H and O–H groups in total. The van der Waals surface area contributed by atoms with Gasteiger partial charge in [-0.3, -0.25) is 4.79 Å². The van der Waals surface area contributed by atoms with Gasteiger partial charge in [-0.1, -0.05) is 61.2 Å². The van der Waals surface area contributed by atoms with Gasteiger partial charge in [-0.2, -0.15) is 0 Å². The summed E-state index contributed by atoms with van der Waals surface area (Å²) in [5.74, 6) is 1.28. The average Bonchev–Trinajstić information content (AvgIpc) is 3.04. The molecule has 1 saturated heterocycles. The van der Waals surface area contributed by atoms with Crippen molar-refractivity contribution in [3.63, 3.8) is 0 Å². The zero-order valence-electron chi connectivity index (χ0n) is 15.7. The second-order valence-corrected chi connectivity index (χ2v) is 8.27. The monoisotopic (exact) mass is 379 g/mol. The maximum Gasteiger partial charge on any atom is 0.233 e. The van der Waals surface area contributed by atoms with Crippen molar-refractivity contribution in [1.29, 1.82) is 0 Å². The van der Waals surface area contributed by atoms with Gasteiger partial charge in [-0.15, -0.1) is 0 Å². The molecule has 5 heteroatoms. The van der Waals surface area contributed by atoms with E-state index in [-0.39, 0.29) is 5.91 Å². The molecule has 1 amide bonds. The summed E-state index contributed by atoms with van der Waals surface area (Å²) in [7, 11) is 0. The summed E-state index contributed by atoms with van der Waals surface area (Å²) in [4.78, 5) is 19.5. The number of carbonyl (C=O) groups is 1. The summed E-state index contributed by atoms with van der Waals surface area (Å²) in [5, 5.41) is 0.915. The topological polar surface area (TPSA) is 38.1 Å². The fourth-order valence-corrected chi connectivity index (χ4v) is 4.63. The molecule has 0 saturated carbocycles. The number of piperidine rings is 1. The van der Waals surface area contributed by atoms with E-state index in [1.54, 1.807) is 11.8 Å². The molecule has 1 aliphatic heterocycles. The normalized spacial score (nSPS) is 17.4. The lowest BCUT2D eigenvalue weighted by Gasteiger charge is -2.30. The van der Waals surface area contributed by atoms with E-state index in [0.29, 0.717) is 11.7 Å². The summed E-state index contributed by atoms with van der Waals surface area (Å²) in [5.41, 5.74) is 3.33. The van der Waals surface area contributed by atoms with Crippen LogP contribution in [0.5, 0.6) is 0 Å². The number of rotatable bonds is 5. The fraction of sp³-hybridized carbons (Fsp3) is 0.364. The van der Waals surface area contributed by atoms with Gasteiger partial charge in [0, 0.05) is 13.1 Å². The molecule has 0 bridgehead atoms. The van der Waals surface area contributed by atoms with E-state index in [9.17, 15) is 4.79 Å². The molecular formula is C22H25N3OS. The van der Waals surface area contributed by atoms with Gasteiger partial charge in [0.05, 0.1) is 23.3 Å². The highest BCUT2D eigenvalue weighted by atomic mass is 32.2. The number of likely N-dealkylation sites (tertiary alicyclic amines) is 1. The fourth-order valence-electron chi connectivity index (χ4n) is 3.72. The highest BCUT2D eigenvalue weighted by Crippen LogP contribution is 2.26. The summed E-state index contributed by atoms with van der Waals surface area (Å²) in [6.07, 6.45) is 2.34. The standard InChI is InChI=1S/C22H25N3OS/c1-17-8-7-13-24(14-17)21(26)16-27-22-23-19-11-5-6-12-20(19)25(22)15-18-9-3-2-4-10-18/h2-6,9-12,17H,7-8,13-16H2,1H3. The summed E-state index contributed by atoms with van der Waals surface area (Å²) >= 11 is 1.56. The molecule has 2 heterocycles. The van der Waals surface area contributed by atoms with Crippen LogP contribution in [0.4, 0.5) is 0 Å². The Hall–Kier alpha value is -2.27. The van der Waals surface area contributed by atoms with Crippen molar-refractivity contribution in [2.24, 2.45) is 5.92 Å². The third kappa shape index (κ3) is 4.19. The number of imidazole rings is 1. The van der Waals surface area contributed by atoms with Crippen LogP contribution in [-0.4, -0.2) is 39.2 Å². The van der Waals surface area contributed by atoms with Crippen LogP contribution in [-0.2, 0) is 11.3 Å². The van der Waals surface area contributed by atoms with Gasteiger partial charge in [0.25, 0.3) is 0 Å². The van der Waals surface area contributed by atoms with Crippen LogP contribution in [0.15, 0.2) is 59.8 Å². The van der Waals surface area contributed by atoms with Crippen LogP contribution in [0.25, 0.3) is 11.0 Å². The molecule has 0 radical (unpaired) electrons. The Morgan fingerprint density at radius 1 is 1.15 bits per heavy atom. The van der Waals surface area contributed by atoms with E-state index in [2.05, 4.69) is 41.8 Å². The Bertz CT molecular complexity index is 922. The number of fused-ring (bicyclic) bond motifs is 1. The second kappa shape index (κ2) is 8.17. The summed E-state index contributed by atoms with van der Waals surface area (Å²) in [6, 6.07) is 18.6. The third-order valence-corrected chi connectivity index (χ3v) is 6.10. The zero-order chi connectivity index (χ0) is 18.6. The number of carbonyl (C=O) groups excluding carboxylic acids is 1. The smallest absolute Gasteiger partial charge is 0.233 e. The number of nitrogens with zero attached hydrogens (tertiary/aromatic N) is 3. The van der Waals surface area contributed by atoms with Gasteiger partial charge >= 0.3 is 0 Å². The zero-order valence-corrected chi connectivity index (χ0v) is 16.5. The molecular weight excluding hydrogens is 354 g/mol. The summed E-state index contributed by atoms with van der Waals surface area (Å²) in [6.45, 7) is 4.77. The Balaban J connectivity index is 1.54. The van der Waals surface area contributed by atoms with E-state index < -0.39 is 0 Å². The van der Waals surface area contributed by atoms with Crippen molar-refractivity contribution < 1.29 is 4.79 Å². The van der Waals surface area contributed by atoms with Crippen LogP contribution < -0.4 is 0 Å². The average molecular weight is 380 g/mol. The molecule has 1 atom stereocenters. The lowest BCUT2D eigenvalue weighted by molar-refractivity contribution is -0.130. The van der Waals surface area contributed by atoms with Gasteiger partial charge in [0.2, 0.25) is 5.91 Å². The van der Waals surface area contributed by atoms with Crippen molar-refractivity contribution in [3.05, 3.63) is 60.2 Å². The number of para-hydroxylation sites is 2. The molecule has 0 aliphatic carbocycles. The molecule has 1 fully saturated rings. The minimum absolute atomic E-state index is 0.227. The number of amides is 1. The first kappa shape index (κ1) is 18.1. The molecule has 1 aromatic heterocycles. The van der Waals surface area contributed by atoms with E-state index in [0.717, 1.165) is 42.2 Å². The predicted molar refractivity (Wildman–Crippen MR) is 111 cm³/mol. The Kier molecular flexibility index (Phi) is 5.48. The van der Waals surface area contributed by atoms with Gasteiger partial charge in [0.15, 0.2) is 5.16 Å². The van der Waals surface area contributed by atoms with Gasteiger partial charge in [-0.05, 0) is 36.5 Å². The van der Waals surface area contributed by atoms with Crippen molar-refractivity contribution in [2.75, 3.05) is 18.8 Å². The van der Waals surface area contributed by atoms with Gasteiger partial charge < -0.3 is 9.47 Å². The number of aromatic nitrogens is 2. The highest BCUT2D eigenvalue weighted by molar-refractivity contribution is 7.99. The first-order valence-corrected chi connectivity index (χ1v) is 10.6. The predicted octanol–water partition coefficient (Wildman–Crippen LogP) is 4.44. The first-order valence-electron chi connectivity index (χ1n) is 9.60. The van der Waals surface area contributed by atoms with Crippen LogP contribution in [0.1, 0.15) is 25.3 Å². The molecule has 27 heavy (non-hydrogen) atoms.